The zero-order chi connectivity index (χ0) is 13.3. The highest BCUT2D eigenvalue weighted by Crippen LogP contribution is 2.40. The first-order valence-corrected chi connectivity index (χ1v) is 8.53. The molecule has 1 aliphatic heterocycles. The summed E-state index contributed by atoms with van der Waals surface area (Å²) < 4.78 is 0. The van der Waals surface area contributed by atoms with Crippen LogP contribution in [0.2, 0.25) is 0 Å². The fraction of sp³-hybridized carbons (Fsp3) is 0.750. The van der Waals surface area contributed by atoms with Crippen LogP contribution >= 0.6 is 11.3 Å². The van der Waals surface area contributed by atoms with Crippen LogP contribution in [0.15, 0.2) is 11.4 Å². The summed E-state index contributed by atoms with van der Waals surface area (Å²) in [6.45, 7) is 4.95. The van der Waals surface area contributed by atoms with E-state index in [1.165, 1.54) is 44.1 Å². The van der Waals surface area contributed by atoms with Gasteiger partial charge < -0.3 is 5.11 Å². The van der Waals surface area contributed by atoms with Gasteiger partial charge in [-0.3, -0.25) is 4.90 Å². The highest BCUT2D eigenvalue weighted by molar-refractivity contribution is 7.10. The molecule has 1 N–H and O–H groups in total. The van der Waals surface area contributed by atoms with E-state index in [1.807, 2.05) is 11.3 Å². The maximum Gasteiger partial charge on any atom is 0.0499 e. The first-order chi connectivity index (χ1) is 9.24. The zero-order valence-electron chi connectivity index (χ0n) is 11.9. The van der Waals surface area contributed by atoms with Gasteiger partial charge in [-0.1, -0.05) is 19.3 Å². The van der Waals surface area contributed by atoms with Crippen molar-refractivity contribution in [3.05, 3.63) is 21.9 Å². The average molecular weight is 279 g/mol. The van der Waals surface area contributed by atoms with Gasteiger partial charge in [-0.15, -0.1) is 11.3 Å². The summed E-state index contributed by atoms with van der Waals surface area (Å²) in [4.78, 5) is 4.18. The van der Waals surface area contributed by atoms with Gasteiger partial charge in [0, 0.05) is 36.0 Å². The quantitative estimate of drug-likeness (QED) is 0.913. The van der Waals surface area contributed by atoms with E-state index in [2.05, 4.69) is 23.3 Å². The third-order valence-electron chi connectivity index (χ3n) is 5.19. The maximum absolute atomic E-state index is 9.89. The normalized spacial score (nSPS) is 27.2. The SMILES string of the molecule is CC1c2ccsc2CCN1CC1(CO)CCCCC1. The van der Waals surface area contributed by atoms with Crippen LogP contribution in [0.4, 0.5) is 0 Å². The van der Waals surface area contributed by atoms with Gasteiger partial charge in [0.1, 0.15) is 0 Å². The minimum atomic E-state index is 0.181. The lowest BCUT2D eigenvalue weighted by molar-refractivity contribution is 0.0250. The second kappa shape index (κ2) is 5.55. The molecule has 0 spiro atoms. The molecule has 0 amide bonds. The van der Waals surface area contributed by atoms with E-state index in [0.717, 1.165) is 13.1 Å². The molecule has 3 heteroatoms. The summed E-state index contributed by atoms with van der Waals surface area (Å²) in [5, 5.41) is 12.1. The van der Waals surface area contributed by atoms with Gasteiger partial charge in [0.15, 0.2) is 0 Å². The van der Waals surface area contributed by atoms with Gasteiger partial charge in [0.05, 0.1) is 0 Å². The van der Waals surface area contributed by atoms with E-state index >= 15 is 0 Å². The van der Waals surface area contributed by atoms with Gasteiger partial charge in [0.25, 0.3) is 0 Å². The van der Waals surface area contributed by atoms with Crippen molar-refractivity contribution in [3.63, 3.8) is 0 Å². The van der Waals surface area contributed by atoms with Crippen molar-refractivity contribution in [3.8, 4) is 0 Å². The van der Waals surface area contributed by atoms with Gasteiger partial charge in [-0.2, -0.15) is 0 Å². The lowest BCUT2D eigenvalue weighted by Crippen LogP contribution is -2.44. The molecule has 2 heterocycles. The molecule has 0 radical (unpaired) electrons. The Hall–Kier alpha value is -0.380. The molecule has 3 rings (SSSR count). The van der Waals surface area contributed by atoms with Crippen LogP contribution < -0.4 is 0 Å². The highest BCUT2D eigenvalue weighted by atomic mass is 32.1. The molecule has 1 atom stereocenters. The molecule has 1 unspecified atom stereocenters. The van der Waals surface area contributed by atoms with Crippen LogP contribution in [0, 0.1) is 5.41 Å². The largest absolute Gasteiger partial charge is 0.396 e. The molecule has 0 bridgehead atoms. The Labute approximate surface area is 120 Å². The van der Waals surface area contributed by atoms with Crippen molar-refractivity contribution in [2.24, 2.45) is 5.41 Å². The Kier molecular flexibility index (Phi) is 3.97. The third kappa shape index (κ3) is 2.61. The standard InChI is InChI=1S/C16H25NOS/c1-13-14-6-10-19-15(14)5-9-17(13)11-16(12-18)7-3-2-4-8-16/h6,10,13,18H,2-5,7-9,11-12H2,1H3. The Morgan fingerprint density at radius 2 is 2.16 bits per heavy atom. The number of aliphatic hydroxyl groups is 1. The topological polar surface area (TPSA) is 23.5 Å². The van der Waals surface area contributed by atoms with E-state index < -0.39 is 0 Å². The van der Waals surface area contributed by atoms with Crippen LogP contribution in [0.1, 0.15) is 55.5 Å². The number of aliphatic hydroxyl groups excluding tert-OH is 1. The van der Waals surface area contributed by atoms with Gasteiger partial charge in [-0.25, -0.2) is 0 Å². The van der Waals surface area contributed by atoms with E-state index in [9.17, 15) is 5.11 Å². The van der Waals surface area contributed by atoms with Crippen molar-refractivity contribution < 1.29 is 5.11 Å². The van der Waals surface area contributed by atoms with E-state index in [-0.39, 0.29) is 5.41 Å². The molecule has 106 valence electrons. The molecular weight excluding hydrogens is 254 g/mol. The Morgan fingerprint density at radius 1 is 1.37 bits per heavy atom. The second-order valence-corrected chi connectivity index (χ2v) is 7.42. The number of nitrogens with zero attached hydrogens (tertiary/aromatic N) is 1. The van der Waals surface area contributed by atoms with E-state index in [1.54, 1.807) is 4.88 Å². The molecule has 2 nitrogen and oxygen atoms in total. The molecule has 19 heavy (non-hydrogen) atoms. The first kappa shape index (κ1) is 13.6. The predicted octanol–water partition coefficient (Wildman–Crippen LogP) is 3.61. The van der Waals surface area contributed by atoms with Crippen LogP contribution in [0.5, 0.6) is 0 Å². The second-order valence-electron chi connectivity index (χ2n) is 6.41. The molecule has 1 aliphatic carbocycles. The fourth-order valence-corrected chi connectivity index (χ4v) is 4.84. The maximum atomic E-state index is 9.89. The van der Waals surface area contributed by atoms with Crippen molar-refractivity contribution in [1.29, 1.82) is 0 Å². The number of thiophene rings is 1. The molecule has 1 saturated carbocycles. The smallest absolute Gasteiger partial charge is 0.0499 e. The van der Waals surface area contributed by atoms with Crippen molar-refractivity contribution in [2.75, 3.05) is 19.7 Å². The van der Waals surface area contributed by atoms with Crippen LogP contribution in [-0.2, 0) is 6.42 Å². The minimum Gasteiger partial charge on any atom is -0.396 e. The van der Waals surface area contributed by atoms with Gasteiger partial charge >= 0.3 is 0 Å². The monoisotopic (exact) mass is 279 g/mol. The Bertz CT molecular complexity index is 422. The highest BCUT2D eigenvalue weighted by Gasteiger charge is 2.36. The van der Waals surface area contributed by atoms with Crippen molar-refractivity contribution >= 4 is 11.3 Å². The summed E-state index contributed by atoms with van der Waals surface area (Å²) in [5.74, 6) is 0. The number of hydrogen-bond acceptors (Lipinski definition) is 3. The van der Waals surface area contributed by atoms with Crippen molar-refractivity contribution in [1.82, 2.24) is 4.90 Å². The molecule has 0 aromatic carbocycles. The Morgan fingerprint density at radius 3 is 2.89 bits per heavy atom. The number of hydrogen-bond donors (Lipinski definition) is 1. The lowest BCUT2D eigenvalue weighted by atomic mass is 9.74. The molecule has 1 aromatic heterocycles. The van der Waals surface area contributed by atoms with E-state index in [4.69, 9.17) is 0 Å². The van der Waals surface area contributed by atoms with Gasteiger partial charge in [0.2, 0.25) is 0 Å². The summed E-state index contributed by atoms with van der Waals surface area (Å²) in [6.07, 6.45) is 7.57. The van der Waals surface area contributed by atoms with Gasteiger partial charge in [-0.05, 0) is 43.2 Å². The summed E-state index contributed by atoms with van der Waals surface area (Å²) >= 11 is 1.91. The third-order valence-corrected chi connectivity index (χ3v) is 6.19. The zero-order valence-corrected chi connectivity index (χ0v) is 12.7. The summed E-state index contributed by atoms with van der Waals surface area (Å²) in [7, 11) is 0. The molecule has 2 aliphatic rings. The number of fused-ring (bicyclic) bond motifs is 1. The summed E-state index contributed by atoms with van der Waals surface area (Å²) in [5.41, 5.74) is 1.71. The van der Waals surface area contributed by atoms with Crippen LogP contribution in [0.3, 0.4) is 0 Å². The predicted molar refractivity (Wildman–Crippen MR) is 80.6 cm³/mol. The van der Waals surface area contributed by atoms with Crippen molar-refractivity contribution in [2.45, 2.75) is 51.5 Å². The Balaban J connectivity index is 1.73. The molecule has 1 fully saturated rings. The fourth-order valence-electron chi connectivity index (χ4n) is 3.88. The molecule has 1 aromatic rings. The average Bonchev–Trinajstić information content (AvgIpc) is 2.92. The minimum absolute atomic E-state index is 0.181. The van der Waals surface area contributed by atoms with E-state index in [0.29, 0.717) is 12.6 Å². The van der Waals surface area contributed by atoms with Crippen LogP contribution in [0.25, 0.3) is 0 Å². The van der Waals surface area contributed by atoms with Crippen LogP contribution in [-0.4, -0.2) is 29.7 Å². The first-order valence-electron chi connectivity index (χ1n) is 7.65. The lowest BCUT2D eigenvalue weighted by Gasteiger charge is -2.43. The number of rotatable bonds is 3. The molecule has 0 saturated heterocycles. The molecular formula is C16H25NOS. The summed E-state index contributed by atoms with van der Waals surface area (Å²) in [6, 6.07) is 2.82.